The molecule has 1 aliphatic heterocycles. The first kappa shape index (κ1) is 11.9. The van der Waals surface area contributed by atoms with Crippen LogP contribution in [0.5, 0.6) is 0 Å². The first-order valence-corrected chi connectivity index (χ1v) is 6.99. The highest BCUT2D eigenvalue weighted by atomic mass is 32.2. The lowest BCUT2D eigenvalue weighted by molar-refractivity contribution is 0.474. The molecule has 0 spiro atoms. The molecule has 1 aliphatic rings. The molecule has 1 saturated heterocycles. The molecule has 2 unspecified atom stereocenters. The minimum absolute atomic E-state index is 0.327. The summed E-state index contributed by atoms with van der Waals surface area (Å²) < 4.78 is 22.3. The molecule has 4 nitrogen and oxygen atoms in total. The van der Waals surface area contributed by atoms with Crippen LogP contribution in [-0.2, 0) is 9.84 Å². The summed E-state index contributed by atoms with van der Waals surface area (Å²) in [5, 5.41) is 3.27. The van der Waals surface area contributed by atoms with Gasteiger partial charge in [-0.15, -0.1) is 0 Å². The minimum atomic E-state index is -2.70. The van der Waals surface area contributed by atoms with Crippen LogP contribution in [0.15, 0.2) is 0 Å². The summed E-state index contributed by atoms with van der Waals surface area (Å²) in [6, 6.07) is 0.327. The SMILES string of the molecule is CC(CN)NCCC1CCS(=O)(=O)C1. The fourth-order valence-electron chi connectivity index (χ4n) is 1.72. The van der Waals surface area contributed by atoms with E-state index in [1.54, 1.807) is 0 Å². The maximum Gasteiger partial charge on any atom is 0.150 e. The monoisotopic (exact) mass is 220 g/mol. The molecule has 84 valence electrons. The Bertz CT molecular complexity index is 264. The van der Waals surface area contributed by atoms with Crippen LogP contribution in [0, 0.1) is 5.92 Å². The summed E-state index contributed by atoms with van der Waals surface area (Å²) in [6.07, 6.45) is 1.78. The van der Waals surface area contributed by atoms with E-state index < -0.39 is 9.84 Å². The van der Waals surface area contributed by atoms with Crippen molar-refractivity contribution in [2.45, 2.75) is 25.8 Å². The van der Waals surface area contributed by atoms with E-state index in [2.05, 4.69) is 5.32 Å². The molecule has 0 aromatic rings. The molecular weight excluding hydrogens is 200 g/mol. The molecule has 0 amide bonds. The molecule has 0 aromatic heterocycles. The Labute approximate surface area is 86.2 Å². The molecule has 1 rings (SSSR count). The lowest BCUT2D eigenvalue weighted by atomic mass is 10.1. The Morgan fingerprint density at radius 2 is 2.29 bits per heavy atom. The number of sulfone groups is 1. The van der Waals surface area contributed by atoms with Crippen LogP contribution in [0.3, 0.4) is 0 Å². The predicted octanol–water partition coefficient (Wildman–Crippen LogP) is -0.252. The number of nitrogens with two attached hydrogens (primary N) is 1. The Morgan fingerprint density at radius 3 is 2.79 bits per heavy atom. The zero-order valence-corrected chi connectivity index (χ0v) is 9.52. The van der Waals surface area contributed by atoms with E-state index >= 15 is 0 Å². The van der Waals surface area contributed by atoms with Gasteiger partial charge in [0.2, 0.25) is 0 Å². The van der Waals surface area contributed by atoms with Gasteiger partial charge in [-0.2, -0.15) is 0 Å². The third-order valence-corrected chi connectivity index (χ3v) is 4.56. The Morgan fingerprint density at radius 1 is 1.57 bits per heavy atom. The zero-order chi connectivity index (χ0) is 10.6. The molecule has 1 fully saturated rings. The van der Waals surface area contributed by atoms with Crippen LogP contribution in [0.1, 0.15) is 19.8 Å². The van der Waals surface area contributed by atoms with Crippen molar-refractivity contribution in [2.24, 2.45) is 11.7 Å². The van der Waals surface area contributed by atoms with E-state index in [0.29, 0.717) is 30.0 Å². The van der Waals surface area contributed by atoms with Gasteiger partial charge in [0.15, 0.2) is 9.84 Å². The summed E-state index contributed by atoms with van der Waals surface area (Å²) in [6.45, 7) is 3.53. The summed E-state index contributed by atoms with van der Waals surface area (Å²) in [4.78, 5) is 0. The first-order chi connectivity index (χ1) is 6.53. The standard InChI is InChI=1S/C9H20N2O2S/c1-8(6-10)11-4-2-9-3-5-14(12,13)7-9/h8-9,11H,2-7,10H2,1H3. The lowest BCUT2D eigenvalue weighted by Crippen LogP contribution is -2.34. The van der Waals surface area contributed by atoms with Crippen molar-refractivity contribution in [3.05, 3.63) is 0 Å². The summed E-state index contributed by atoms with van der Waals surface area (Å²) >= 11 is 0. The van der Waals surface area contributed by atoms with Crippen molar-refractivity contribution in [3.63, 3.8) is 0 Å². The van der Waals surface area contributed by atoms with Gasteiger partial charge in [-0.3, -0.25) is 0 Å². The average molecular weight is 220 g/mol. The molecule has 1 heterocycles. The molecule has 2 atom stereocenters. The van der Waals surface area contributed by atoms with E-state index in [0.717, 1.165) is 19.4 Å². The van der Waals surface area contributed by atoms with Gasteiger partial charge in [-0.1, -0.05) is 0 Å². The van der Waals surface area contributed by atoms with Gasteiger partial charge in [0, 0.05) is 12.6 Å². The largest absolute Gasteiger partial charge is 0.329 e. The molecular formula is C9H20N2O2S. The van der Waals surface area contributed by atoms with Crippen molar-refractivity contribution in [2.75, 3.05) is 24.6 Å². The van der Waals surface area contributed by atoms with E-state index in [-0.39, 0.29) is 0 Å². The predicted molar refractivity (Wildman–Crippen MR) is 57.9 cm³/mol. The maximum atomic E-state index is 11.2. The highest BCUT2D eigenvalue weighted by Crippen LogP contribution is 2.20. The normalized spacial score (nSPS) is 27.7. The highest BCUT2D eigenvalue weighted by molar-refractivity contribution is 7.91. The maximum absolute atomic E-state index is 11.2. The Kier molecular flexibility index (Phi) is 4.34. The van der Waals surface area contributed by atoms with Crippen LogP contribution in [0.2, 0.25) is 0 Å². The second-order valence-corrected chi connectivity index (χ2v) is 6.38. The van der Waals surface area contributed by atoms with Crippen molar-refractivity contribution in [3.8, 4) is 0 Å². The van der Waals surface area contributed by atoms with Gasteiger partial charge in [-0.25, -0.2) is 8.42 Å². The lowest BCUT2D eigenvalue weighted by Gasteiger charge is -2.13. The number of hydrogen-bond donors (Lipinski definition) is 2. The molecule has 14 heavy (non-hydrogen) atoms. The fourth-order valence-corrected chi connectivity index (χ4v) is 3.63. The first-order valence-electron chi connectivity index (χ1n) is 5.17. The molecule has 0 radical (unpaired) electrons. The molecule has 0 aromatic carbocycles. The van der Waals surface area contributed by atoms with Gasteiger partial charge < -0.3 is 11.1 Å². The highest BCUT2D eigenvalue weighted by Gasteiger charge is 2.27. The van der Waals surface area contributed by atoms with Crippen molar-refractivity contribution in [1.29, 1.82) is 0 Å². The topological polar surface area (TPSA) is 72.2 Å². The summed E-state index contributed by atoms with van der Waals surface area (Å²) in [7, 11) is -2.70. The molecule has 3 N–H and O–H groups in total. The van der Waals surface area contributed by atoms with Crippen LogP contribution >= 0.6 is 0 Å². The van der Waals surface area contributed by atoms with Crippen LogP contribution < -0.4 is 11.1 Å². The van der Waals surface area contributed by atoms with Crippen molar-refractivity contribution in [1.82, 2.24) is 5.32 Å². The second kappa shape index (κ2) is 5.09. The van der Waals surface area contributed by atoms with Gasteiger partial charge >= 0.3 is 0 Å². The molecule has 0 aliphatic carbocycles. The van der Waals surface area contributed by atoms with Crippen molar-refractivity contribution >= 4 is 9.84 Å². The smallest absolute Gasteiger partial charge is 0.150 e. The molecule has 5 heteroatoms. The number of rotatable bonds is 5. The van der Waals surface area contributed by atoms with Gasteiger partial charge in [-0.05, 0) is 32.2 Å². The van der Waals surface area contributed by atoms with Crippen LogP contribution in [0.4, 0.5) is 0 Å². The van der Waals surface area contributed by atoms with Crippen molar-refractivity contribution < 1.29 is 8.42 Å². The van der Waals surface area contributed by atoms with E-state index in [9.17, 15) is 8.42 Å². The third-order valence-electron chi connectivity index (χ3n) is 2.73. The van der Waals surface area contributed by atoms with E-state index in [1.165, 1.54) is 0 Å². The van der Waals surface area contributed by atoms with Gasteiger partial charge in [0.1, 0.15) is 0 Å². The fraction of sp³-hybridized carbons (Fsp3) is 1.00. The molecule has 0 saturated carbocycles. The summed E-state index contributed by atoms with van der Waals surface area (Å²) in [5.74, 6) is 1.12. The molecule has 0 bridgehead atoms. The van der Waals surface area contributed by atoms with E-state index in [4.69, 9.17) is 5.73 Å². The number of nitrogens with one attached hydrogen (secondary N) is 1. The quantitative estimate of drug-likeness (QED) is 0.670. The second-order valence-electron chi connectivity index (χ2n) is 4.15. The Hall–Kier alpha value is -0.130. The third kappa shape index (κ3) is 3.94. The summed E-state index contributed by atoms with van der Waals surface area (Å²) in [5.41, 5.74) is 5.45. The number of hydrogen-bond acceptors (Lipinski definition) is 4. The Balaban J connectivity index is 2.15. The van der Waals surface area contributed by atoms with Gasteiger partial charge in [0.05, 0.1) is 11.5 Å². The zero-order valence-electron chi connectivity index (χ0n) is 8.70. The average Bonchev–Trinajstić information content (AvgIpc) is 2.45. The van der Waals surface area contributed by atoms with E-state index in [1.807, 2.05) is 6.92 Å². The minimum Gasteiger partial charge on any atom is -0.329 e. The van der Waals surface area contributed by atoms with Crippen LogP contribution in [-0.4, -0.2) is 39.1 Å². The van der Waals surface area contributed by atoms with Gasteiger partial charge in [0.25, 0.3) is 0 Å². The van der Waals surface area contributed by atoms with Crippen LogP contribution in [0.25, 0.3) is 0 Å².